The van der Waals surface area contributed by atoms with Gasteiger partial charge in [0.05, 0.1) is 18.3 Å². The summed E-state index contributed by atoms with van der Waals surface area (Å²) in [5.74, 6) is -1.75. The fraction of sp³-hybridized carbons (Fsp3) is 0.636. The Balaban J connectivity index is 3.74. The molecule has 0 fully saturated rings. The molecule has 1 unspecified atom stereocenters. The molecule has 0 amide bonds. The van der Waals surface area contributed by atoms with Crippen LogP contribution in [0, 0.1) is 5.92 Å². The van der Waals surface area contributed by atoms with Crippen molar-refractivity contribution in [2.24, 2.45) is 5.92 Å². The van der Waals surface area contributed by atoms with E-state index in [1.165, 1.54) is 6.92 Å². The number of rotatable bonds is 9. The first-order valence-electron chi connectivity index (χ1n) is 5.15. The van der Waals surface area contributed by atoms with Gasteiger partial charge in [0.25, 0.3) is 0 Å². The minimum Gasteiger partial charge on any atom is -0.481 e. The Morgan fingerprint density at radius 1 is 1.29 bits per heavy atom. The minimum atomic E-state index is -1.02. The summed E-state index contributed by atoms with van der Waals surface area (Å²) in [7, 11) is 0. The average molecular weight is 246 g/mol. The lowest BCUT2D eigenvalue weighted by atomic mass is 10.1. The Kier molecular flexibility index (Phi) is 7.79. The number of carbonyl (C=O) groups is 2. The van der Waals surface area contributed by atoms with Gasteiger partial charge < -0.3 is 19.3 Å². The highest BCUT2D eigenvalue weighted by Gasteiger charge is 2.18. The van der Waals surface area contributed by atoms with E-state index < -0.39 is 17.9 Å². The number of carbonyl (C=O) groups excluding carboxylic acids is 1. The number of carboxylic acid groups (broad SMARTS) is 1. The second-order valence-electron chi connectivity index (χ2n) is 3.50. The van der Waals surface area contributed by atoms with Crippen LogP contribution in [0.3, 0.4) is 0 Å². The molecule has 0 saturated heterocycles. The third-order valence-electron chi connectivity index (χ3n) is 1.84. The van der Waals surface area contributed by atoms with E-state index in [4.69, 9.17) is 14.6 Å². The molecule has 0 heterocycles. The molecule has 0 aliphatic carbocycles. The molecule has 0 aromatic carbocycles. The van der Waals surface area contributed by atoms with Gasteiger partial charge in [0.15, 0.2) is 6.79 Å². The van der Waals surface area contributed by atoms with Crippen molar-refractivity contribution in [3.8, 4) is 0 Å². The fourth-order valence-electron chi connectivity index (χ4n) is 0.923. The number of ether oxygens (including phenoxy) is 3. The summed E-state index contributed by atoms with van der Waals surface area (Å²) in [6, 6.07) is 0. The van der Waals surface area contributed by atoms with E-state index in [0.717, 1.165) is 0 Å². The lowest BCUT2D eigenvalue weighted by Gasteiger charge is -2.12. The Morgan fingerprint density at radius 2 is 1.94 bits per heavy atom. The smallest absolute Gasteiger partial charge is 0.310 e. The van der Waals surface area contributed by atoms with Crippen molar-refractivity contribution in [3.63, 3.8) is 0 Å². The van der Waals surface area contributed by atoms with Crippen LogP contribution in [0.2, 0.25) is 0 Å². The van der Waals surface area contributed by atoms with Crippen LogP contribution in [0.15, 0.2) is 12.3 Å². The highest BCUT2D eigenvalue weighted by molar-refractivity contribution is 5.71. The number of allylic oxidation sites excluding steroid dienone is 1. The third-order valence-corrected chi connectivity index (χ3v) is 1.84. The molecule has 1 atom stereocenters. The first kappa shape index (κ1) is 15.4. The molecule has 0 bridgehead atoms. The van der Waals surface area contributed by atoms with Crippen molar-refractivity contribution in [1.29, 1.82) is 0 Å². The summed E-state index contributed by atoms with van der Waals surface area (Å²) in [5.41, 5.74) is 0. The number of hydrogen-bond acceptors (Lipinski definition) is 5. The maximum atomic E-state index is 10.8. The lowest BCUT2D eigenvalue weighted by Crippen LogP contribution is -2.23. The molecule has 6 heteroatoms. The summed E-state index contributed by atoms with van der Waals surface area (Å²) >= 11 is 0. The van der Waals surface area contributed by atoms with Gasteiger partial charge in [-0.2, -0.15) is 0 Å². The lowest BCUT2D eigenvalue weighted by molar-refractivity contribution is -0.150. The maximum Gasteiger partial charge on any atom is 0.310 e. The van der Waals surface area contributed by atoms with Crippen molar-refractivity contribution in [2.75, 3.05) is 20.0 Å². The number of aliphatic carboxylic acids is 1. The normalized spacial score (nSPS) is 11.6. The molecule has 0 rings (SSSR count). The number of hydrogen-bond donors (Lipinski definition) is 1. The fourth-order valence-corrected chi connectivity index (χ4v) is 0.923. The second kappa shape index (κ2) is 8.58. The molecule has 0 aromatic rings. The molecule has 0 saturated carbocycles. The maximum absolute atomic E-state index is 10.8. The van der Waals surface area contributed by atoms with Crippen LogP contribution in [0.5, 0.6) is 0 Å². The molecule has 0 aliphatic heterocycles. The van der Waals surface area contributed by atoms with Crippen molar-refractivity contribution >= 4 is 11.9 Å². The van der Waals surface area contributed by atoms with Crippen LogP contribution in [-0.4, -0.2) is 37.1 Å². The molecule has 17 heavy (non-hydrogen) atoms. The third kappa shape index (κ3) is 9.37. The SMILES string of the molecule is C=C(C)OCOCCC(COC(C)=O)C(=O)O. The minimum absolute atomic E-state index is 0.0369. The van der Waals surface area contributed by atoms with Crippen molar-refractivity contribution in [3.05, 3.63) is 12.3 Å². The monoisotopic (exact) mass is 246 g/mol. The van der Waals surface area contributed by atoms with Crippen LogP contribution < -0.4 is 0 Å². The quantitative estimate of drug-likeness (QED) is 0.284. The molecule has 1 N–H and O–H groups in total. The molecular weight excluding hydrogens is 228 g/mol. The van der Waals surface area contributed by atoms with Crippen LogP contribution in [0.4, 0.5) is 0 Å². The van der Waals surface area contributed by atoms with Gasteiger partial charge >= 0.3 is 11.9 Å². The van der Waals surface area contributed by atoms with E-state index in [2.05, 4.69) is 11.3 Å². The van der Waals surface area contributed by atoms with Crippen LogP contribution in [0.1, 0.15) is 20.3 Å². The van der Waals surface area contributed by atoms with Crippen molar-refractivity contribution in [1.82, 2.24) is 0 Å². The van der Waals surface area contributed by atoms with Gasteiger partial charge in [-0.05, 0) is 13.3 Å². The Morgan fingerprint density at radius 3 is 2.41 bits per heavy atom. The standard InChI is InChI=1S/C11H18O6/c1-8(2)17-7-15-5-4-10(11(13)14)6-16-9(3)12/h10H,1,4-7H2,2-3H3,(H,13,14). The Labute approximate surface area is 100 Å². The van der Waals surface area contributed by atoms with E-state index in [1.807, 2.05) is 0 Å². The molecule has 0 radical (unpaired) electrons. The highest BCUT2D eigenvalue weighted by atomic mass is 16.7. The zero-order valence-electron chi connectivity index (χ0n) is 10.1. The van der Waals surface area contributed by atoms with Gasteiger partial charge in [0.2, 0.25) is 0 Å². The number of carboxylic acids is 1. The number of esters is 1. The van der Waals surface area contributed by atoms with Crippen LogP contribution in [0.25, 0.3) is 0 Å². The molecular formula is C11H18O6. The van der Waals surface area contributed by atoms with Crippen molar-refractivity contribution in [2.45, 2.75) is 20.3 Å². The van der Waals surface area contributed by atoms with Gasteiger partial charge in [-0.1, -0.05) is 6.58 Å². The van der Waals surface area contributed by atoms with E-state index in [-0.39, 0.29) is 26.4 Å². The van der Waals surface area contributed by atoms with Gasteiger partial charge in [-0.3, -0.25) is 9.59 Å². The molecule has 0 aliphatic rings. The summed E-state index contributed by atoms with van der Waals surface area (Å²) < 4.78 is 14.6. The molecule has 0 spiro atoms. The van der Waals surface area contributed by atoms with Gasteiger partial charge in [0.1, 0.15) is 6.61 Å². The zero-order chi connectivity index (χ0) is 13.3. The predicted octanol–water partition coefficient (Wildman–Crippen LogP) is 1.16. The van der Waals surface area contributed by atoms with E-state index in [1.54, 1.807) is 6.92 Å². The topological polar surface area (TPSA) is 82.1 Å². The van der Waals surface area contributed by atoms with E-state index >= 15 is 0 Å². The molecule has 98 valence electrons. The molecule has 0 aromatic heterocycles. The van der Waals surface area contributed by atoms with Gasteiger partial charge in [0, 0.05) is 6.92 Å². The Bertz CT molecular complexity index is 273. The largest absolute Gasteiger partial charge is 0.481 e. The van der Waals surface area contributed by atoms with Crippen LogP contribution >= 0.6 is 0 Å². The molecule has 6 nitrogen and oxygen atoms in total. The summed E-state index contributed by atoms with van der Waals surface area (Å²) in [6.07, 6.45) is 0.252. The first-order valence-corrected chi connectivity index (χ1v) is 5.15. The summed E-state index contributed by atoms with van der Waals surface area (Å²) in [6.45, 7) is 6.54. The van der Waals surface area contributed by atoms with Crippen molar-refractivity contribution < 1.29 is 28.9 Å². The van der Waals surface area contributed by atoms with Gasteiger partial charge in [-0.25, -0.2) is 0 Å². The van der Waals surface area contributed by atoms with Crippen LogP contribution in [-0.2, 0) is 23.8 Å². The summed E-state index contributed by atoms with van der Waals surface area (Å²) in [5, 5.41) is 8.84. The summed E-state index contributed by atoms with van der Waals surface area (Å²) in [4.78, 5) is 21.3. The average Bonchev–Trinajstić information content (AvgIpc) is 2.20. The van der Waals surface area contributed by atoms with Gasteiger partial charge in [-0.15, -0.1) is 0 Å². The highest BCUT2D eigenvalue weighted by Crippen LogP contribution is 2.05. The van der Waals surface area contributed by atoms with E-state index in [0.29, 0.717) is 5.76 Å². The van der Waals surface area contributed by atoms with E-state index in [9.17, 15) is 9.59 Å². The Hall–Kier alpha value is -1.56. The zero-order valence-corrected chi connectivity index (χ0v) is 10.1. The predicted molar refractivity (Wildman–Crippen MR) is 59.1 cm³/mol. The second-order valence-corrected chi connectivity index (χ2v) is 3.50. The first-order chi connectivity index (χ1) is 7.93.